The fraction of sp³-hybridized carbons (Fsp3) is 0.882. The van der Waals surface area contributed by atoms with Crippen LogP contribution in [-0.4, -0.2) is 42.1 Å². The minimum atomic E-state index is -4.14. The zero-order valence-electron chi connectivity index (χ0n) is 15.0. The quantitative estimate of drug-likeness (QED) is 0.377. The number of nitriles is 1. The first kappa shape index (κ1) is 22.9. The Hall–Kier alpha value is -1.13. The molecule has 0 fully saturated rings. The molecule has 0 bridgehead atoms. The number of hydrogen-bond donors (Lipinski definition) is 1. The van der Waals surface area contributed by atoms with E-state index in [1.807, 2.05) is 6.07 Å². The number of hydrogen-bond acceptors (Lipinski definition) is 4. The number of rotatable bonds is 14. The Balaban J connectivity index is 4.00. The SMILES string of the molecule is CCCCCCCCCCCC(=O)N(CCS(=O)(=O)O)C(C)C#N. The minimum absolute atomic E-state index is 0.149. The summed E-state index contributed by atoms with van der Waals surface area (Å²) >= 11 is 0. The van der Waals surface area contributed by atoms with E-state index in [0.717, 1.165) is 19.3 Å². The number of unbranched alkanes of at least 4 members (excludes halogenated alkanes) is 8. The molecule has 0 aromatic rings. The molecule has 0 rings (SSSR count). The van der Waals surface area contributed by atoms with Crippen molar-refractivity contribution in [2.75, 3.05) is 12.3 Å². The molecule has 0 saturated heterocycles. The van der Waals surface area contributed by atoms with Crippen LogP contribution in [-0.2, 0) is 14.9 Å². The van der Waals surface area contributed by atoms with E-state index in [1.165, 1.54) is 43.4 Å². The van der Waals surface area contributed by atoms with Crippen LogP contribution in [0.15, 0.2) is 0 Å². The van der Waals surface area contributed by atoms with Crippen LogP contribution in [0.4, 0.5) is 0 Å². The summed E-state index contributed by atoms with van der Waals surface area (Å²) in [4.78, 5) is 13.4. The molecule has 0 aliphatic rings. The molecule has 0 heterocycles. The molecule has 1 atom stereocenters. The minimum Gasteiger partial charge on any atom is -0.326 e. The van der Waals surface area contributed by atoms with Gasteiger partial charge >= 0.3 is 0 Å². The monoisotopic (exact) mass is 360 g/mol. The molecule has 0 saturated carbocycles. The highest BCUT2D eigenvalue weighted by atomic mass is 32.2. The summed E-state index contributed by atoms with van der Waals surface area (Å²) in [6.07, 6.45) is 10.6. The molecule has 140 valence electrons. The van der Waals surface area contributed by atoms with Crippen molar-refractivity contribution in [3.8, 4) is 6.07 Å². The third kappa shape index (κ3) is 12.3. The van der Waals surface area contributed by atoms with Gasteiger partial charge in [-0.05, 0) is 13.3 Å². The van der Waals surface area contributed by atoms with Gasteiger partial charge in [-0.15, -0.1) is 0 Å². The van der Waals surface area contributed by atoms with Gasteiger partial charge < -0.3 is 4.90 Å². The van der Waals surface area contributed by atoms with Crippen molar-refractivity contribution in [2.24, 2.45) is 0 Å². The first-order valence-corrected chi connectivity index (χ1v) is 10.6. The van der Waals surface area contributed by atoms with Gasteiger partial charge in [0.1, 0.15) is 6.04 Å². The summed E-state index contributed by atoms with van der Waals surface area (Å²) in [5.74, 6) is -0.765. The lowest BCUT2D eigenvalue weighted by Gasteiger charge is -2.24. The summed E-state index contributed by atoms with van der Waals surface area (Å²) < 4.78 is 30.5. The van der Waals surface area contributed by atoms with Crippen LogP contribution in [0.3, 0.4) is 0 Å². The standard InChI is InChI=1S/C17H32N2O4S/c1-3-4-5-6-7-8-9-10-11-12-17(20)19(16(2)15-18)13-14-24(21,22)23/h16H,3-14H2,1-2H3,(H,21,22,23). The predicted octanol–water partition coefficient (Wildman–Crippen LogP) is 3.54. The molecule has 0 aromatic carbocycles. The van der Waals surface area contributed by atoms with E-state index in [9.17, 15) is 13.2 Å². The van der Waals surface area contributed by atoms with E-state index in [1.54, 1.807) is 6.92 Å². The Morgan fingerprint density at radius 1 is 1.08 bits per heavy atom. The Kier molecular flexibility index (Phi) is 12.6. The molecular weight excluding hydrogens is 328 g/mol. The fourth-order valence-corrected chi connectivity index (χ4v) is 2.98. The van der Waals surface area contributed by atoms with E-state index < -0.39 is 21.9 Å². The molecule has 1 amide bonds. The van der Waals surface area contributed by atoms with Gasteiger partial charge in [-0.25, -0.2) is 0 Å². The van der Waals surface area contributed by atoms with Crippen LogP contribution in [0.2, 0.25) is 0 Å². The topological polar surface area (TPSA) is 98.5 Å². The van der Waals surface area contributed by atoms with Crippen LogP contribution in [0.25, 0.3) is 0 Å². The maximum Gasteiger partial charge on any atom is 0.266 e. The summed E-state index contributed by atoms with van der Waals surface area (Å²) in [5.41, 5.74) is 0. The molecule has 0 aliphatic carbocycles. The summed E-state index contributed by atoms with van der Waals surface area (Å²) in [5, 5.41) is 8.96. The van der Waals surface area contributed by atoms with Crippen LogP contribution >= 0.6 is 0 Å². The lowest BCUT2D eigenvalue weighted by molar-refractivity contribution is -0.132. The van der Waals surface area contributed by atoms with Crippen molar-refractivity contribution in [1.82, 2.24) is 4.90 Å². The number of carbonyl (C=O) groups is 1. The highest BCUT2D eigenvalue weighted by molar-refractivity contribution is 7.85. The molecule has 24 heavy (non-hydrogen) atoms. The zero-order valence-corrected chi connectivity index (χ0v) is 15.9. The molecule has 1 N–H and O–H groups in total. The molecule has 0 aliphatic heterocycles. The van der Waals surface area contributed by atoms with Gasteiger partial charge in [0.2, 0.25) is 5.91 Å². The Bertz CT molecular complexity index is 485. The van der Waals surface area contributed by atoms with Crippen molar-refractivity contribution in [3.63, 3.8) is 0 Å². The zero-order chi connectivity index (χ0) is 18.4. The van der Waals surface area contributed by atoms with Gasteiger partial charge in [0.15, 0.2) is 0 Å². The van der Waals surface area contributed by atoms with E-state index in [-0.39, 0.29) is 12.5 Å². The molecule has 0 aromatic heterocycles. The second kappa shape index (κ2) is 13.2. The molecule has 7 heteroatoms. The first-order chi connectivity index (χ1) is 11.3. The van der Waals surface area contributed by atoms with Crippen molar-refractivity contribution in [1.29, 1.82) is 5.26 Å². The normalized spacial score (nSPS) is 12.6. The molecule has 1 unspecified atom stereocenters. The van der Waals surface area contributed by atoms with Crippen LogP contribution in [0.5, 0.6) is 0 Å². The first-order valence-electron chi connectivity index (χ1n) is 8.96. The lowest BCUT2D eigenvalue weighted by atomic mass is 10.1. The van der Waals surface area contributed by atoms with Crippen LogP contribution < -0.4 is 0 Å². The smallest absolute Gasteiger partial charge is 0.266 e. The third-order valence-electron chi connectivity index (χ3n) is 4.06. The third-order valence-corrected chi connectivity index (χ3v) is 4.76. The maximum atomic E-state index is 12.2. The highest BCUT2D eigenvalue weighted by Gasteiger charge is 2.21. The number of nitrogens with zero attached hydrogens (tertiary/aromatic N) is 2. The number of amides is 1. The van der Waals surface area contributed by atoms with E-state index in [2.05, 4.69) is 6.92 Å². The molecule has 0 radical (unpaired) electrons. The van der Waals surface area contributed by atoms with Crippen LogP contribution in [0, 0.1) is 11.3 Å². The maximum absolute atomic E-state index is 12.2. The molecule has 0 spiro atoms. The van der Waals surface area contributed by atoms with Gasteiger partial charge in [0.25, 0.3) is 10.1 Å². The Labute approximate surface area is 147 Å². The highest BCUT2D eigenvalue weighted by Crippen LogP contribution is 2.12. The van der Waals surface area contributed by atoms with Crippen molar-refractivity contribution in [3.05, 3.63) is 0 Å². The largest absolute Gasteiger partial charge is 0.326 e. The average Bonchev–Trinajstić information content (AvgIpc) is 2.52. The molecule has 6 nitrogen and oxygen atoms in total. The summed E-state index contributed by atoms with van der Waals surface area (Å²) in [7, 11) is -4.14. The number of carbonyl (C=O) groups excluding carboxylic acids is 1. The van der Waals surface area contributed by atoms with E-state index >= 15 is 0 Å². The van der Waals surface area contributed by atoms with E-state index in [0.29, 0.717) is 6.42 Å². The van der Waals surface area contributed by atoms with Gasteiger partial charge in [-0.2, -0.15) is 13.7 Å². The lowest BCUT2D eigenvalue weighted by Crippen LogP contribution is -2.40. The average molecular weight is 361 g/mol. The van der Waals surface area contributed by atoms with E-state index in [4.69, 9.17) is 9.81 Å². The van der Waals surface area contributed by atoms with Crippen LogP contribution in [0.1, 0.15) is 78.1 Å². The Morgan fingerprint density at radius 3 is 2.04 bits per heavy atom. The Morgan fingerprint density at radius 2 is 1.58 bits per heavy atom. The second-order valence-corrected chi connectivity index (χ2v) is 7.83. The van der Waals surface area contributed by atoms with Gasteiger partial charge in [0, 0.05) is 13.0 Å². The molecular formula is C17H32N2O4S. The van der Waals surface area contributed by atoms with Gasteiger partial charge in [-0.3, -0.25) is 9.35 Å². The fourth-order valence-electron chi connectivity index (χ4n) is 2.55. The van der Waals surface area contributed by atoms with Crippen molar-refractivity contribution in [2.45, 2.75) is 84.1 Å². The summed E-state index contributed by atoms with van der Waals surface area (Å²) in [6, 6.07) is 1.25. The summed E-state index contributed by atoms with van der Waals surface area (Å²) in [6.45, 7) is 3.60. The predicted molar refractivity (Wildman–Crippen MR) is 95.0 cm³/mol. The van der Waals surface area contributed by atoms with Gasteiger partial charge in [0.05, 0.1) is 11.8 Å². The van der Waals surface area contributed by atoms with Crippen molar-refractivity contribution >= 4 is 16.0 Å². The van der Waals surface area contributed by atoms with Gasteiger partial charge in [-0.1, -0.05) is 58.3 Å². The van der Waals surface area contributed by atoms with Crippen molar-refractivity contribution < 1.29 is 17.8 Å². The second-order valence-electron chi connectivity index (χ2n) is 6.26.